The smallest absolute Gasteiger partial charge is 0.306 e. The van der Waals surface area contributed by atoms with E-state index in [9.17, 15) is 14.4 Å². The number of unbranched alkanes of at least 4 members (excludes halogenated alkanes) is 49. The van der Waals surface area contributed by atoms with E-state index in [1.54, 1.807) is 0 Å². The molecule has 0 aromatic heterocycles. The molecule has 0 saturated heterocycles. The van der Waals surface area contributed by atoms with Crippen LogP contribution in [-0.2, 0) is 28.6 Å². The van der Waals surface area contributed by atoms with Crippen LogP contribution in [0.3, 0.4) is 0 Å². The van der Waals surface area contributed by atoms with Gasteiger partial charge in [0.1, 0.15) is 13.2 Å². The normalized spacial score (nSPS) is 12.3. The van der Waals surface area contributed by atoms with Crippen LogP contribution in [0, 0.1) is 0 Å². The minimum Gasteiger partial charge on any atom is -0.462 e. The molecule has 0 amide bonds. The van der Waals surface area contributed by atoms with Crippen LogP contribution in [0.1, 0.15) is 400 Å². The first-order valence-corrected chi connectivity index (χ1v) is 36.6. The highest BCUT2D eigenvalue weighted by molar-refractivity contribution is 5.71. The lowest BCUT2D eigenvalue weighted by molar-refractivity contribution is -0.167. The second-order valence-electron chi connectivity index (χ2n) is 24.9. The molecule has 0 rings (SSSR count). The highest BCUT2D eigenvalue weighted by atomic mass is 16.6. The molecule has 1 atom stereocenters. The van der Waals surface area contributed by atoms with Crippen molar-refractivity contribution in [1.82, 2.24) is 0 Å². The van der Waals surface area contributed by atoms with Gasteiger partial charge in [0.2, 0.25) is 0 Å². The standard InChI is InChI=1S/C76H140O6/c1-4-7-10-13-16-19-21-23-25-27-29-31-33-35-37-38-40-41-43-45-47-49-51-53-55-57-60-63-66-69-75(78)81-72-73(71-80-74(77)68-65-62-59-18-15-12-9-6-3)82-76(79)70-67-64-61-58-56-54-52-50-48-46-44-42-39-36-34-32-30-28-26-24-22-20-17-14-11-8-5-2/h22,24,27-30,34,36,73H,4-21,23,25-26,31-33,35,37-72H2,1-3H3/b24-22-,29-27-,30-28-,36-34-. The maximum absolute atomic E-state index is 12.9. The van der Waals surface area contributed by atoms with E-state index in [1.165, 1.54) is 289 Å². The van der Waals surface area contributed by atoms with Crippen molar-refractivity contribution in [3.8, 4) is 0 Å². The molecule has 6 nitrogen and oxygen atoms in total. The Morgan fingerprint density at radius 1 is 0.244 bits per heavy atom. The molecule has 0 aromatic rings. The van der Waals surface area contributed by atoms with Crippen LogP contribution in [-0.4, -0.2) is 37.2 Å². The number of hydrogen-bond donors (Lipinski definition) is 0. The number of carbonyl (C=O) groups is 3. The molecule has 0 saturated carbocycles. The summed E-state index contributed by atoms with van der Waals surface area (Å²) in [6.07, 6.45) is 90.3. The SMILES string of the molecule is CCCCCCC/C=C\C/C=C\C/C=C\CCCCCCCCCCCCCCC(=O)OC(COC(=O)CCCCCCCCCC)COC(=O)CCCCCCCCCCCCCCCCCCC/C=C\CCCCCCCCCC. The van der Waals surface area contributed by atoms with Gasteiger partial charge in [0.25, 0.3) is 0 Å². The van der Waals surface area contributed by atoms with Gasteiger partial charge >= 0.3 is 17.9 Å². The minimum atomic E-state index is -0.771. The Bertz CT molecular complexity index is 1410. The maximum Gasteiger partial charge on any atom is 0.306 e. The largest absolute Gasteiger partial charge is 0.462 e. The number of carbonyl (C=O) groups excluding carboxylic acids is 3. The predicted octanol–water partition coefficient (Wildman–Crippen LogP) is 25.3. The molecule has 0 heterocycles. The summed E-state index contributed by atoms with van der Waals surface area (Å²) in [5.41, 5.74) is 0. The van der Waals surface area contributed by atoms with Crippen molar-refractivity contribution in [2.24, 2.45) is 0 Å². The van der Waals surface area contributed by atoms with Gasteiger partial charge in [-0.1, -0.05) is 345 Å². The first-order valence-electron chi connectivity index (χ1n) is 36.6. The van der Waals surface area contributed by atoms with Gasteiger partial charge in [-0.05, 0) is 83.5 Å². The van der Waals surface area contributed by atoms with Crippen LogP contribution >= 0.6 is 0 Å². The minimum absolute atomic E-state index is 0.0688. The third-order valence-electron chi connectivity index (χ3n) is 16.6. The third-order valence-corrected chi connectivity index (χ3v) is 16.6. The van der Waals surface area contributed by atoms with Gasteiger partial charge < -0.3 is 14.2 Å². The number of hydrogen-bond acceptors (Lipinski definition) is 6. The second kappa shape index (κ2) is 70.9. The predicted molar refractivity (Wildman–Crippen MR) is 358 cm³/mol. The van der Waals surface area contributed by atoms with Crippen molar-refractivity contribution in [1.29, 1.82) is 0 Å². The quantitative estimate of drug-likeness (QED) is 0.0261. The van der Waals surface area contributed by atoms with Gasteiger partial charge in [0, 0.05) is 19.3 Å². The number of ether oxygens (including phenoxy) is 3. The van der Waals surface area contributed by atoms with Crippen molar-refractivity contribution >= 4 is 17.9 Å². The topological polar surface area (TPSA) is 78.9 Å². The van der Waals surface area contributed by atoms with E-state index >= 15 is 0 Å². The summed E-state index contributed by atoms with van der Waals surface area (Å²) in [5, 5.41) is 0. The summed E-state index contributed by atoms with van der Waals surface area (Å²) in [6, 6.07) is 0. The van der Waals surface area contributed by atoms with Crippen LogP contribution in [0.15, 0.2) is 48.6 Å². The highest BCUT2D eigenvalue weighted by Gasteiger charge is 2.19. The maximum atomic E-state index is 12.9. The third kappa shape index (κ3) is 68.2. The Morgan fingerprint density at radius 3 is 0.695 bits per heavy atom. The van der Waals surface area contributed by atoms with Crippen molar-refractivity contribution in [2.45, 2.75) is 406 Å². The van der Waals surface area contributed by atoms with Gasteiger partial charge in [-0.15, -0.1) is 0 Å². The van der Waals surface area contributed by atoms with E-state index < -0.39 is 6.10 Å². The fraction of sp³-hybridized carbons (Fsp3) is 0.855. The van der Waals surface area contributed by atoms with E-state index in [0.717, 1.165) is 70.6 Å². The van der Waals surface area contributed by atoms with Crippen molar-refractivity contribution in [3.63, 3.8) is 0 Å². The molecule has 6 heteroatoms. The molecule has 0 N–H and O–H groups in total. The summed E-state index contributed by atoms with van der Waals surface area (Å²) in [6.45, 7) is 6.66. The monoisotopic (exact) mass is 1150 g/mol. The number of esters is 3. The summed E-state index contributed by atoms with van der Waals surface area (Å²) in [4.78, 5) is 38.3. The van der Waals surface area contributed by atoms with E-state index in [2.05, 4.69) is 69.4 Å². The van der Waals surface area contributed by atoms with Crippen LogP contribution in [0.25, 0.3) is 0 Å². The van der Waals surface area contributed by atoms with Crippen LogP contribution in [0.2, 0.25) is 0 Å². The Balaban J connectivity index is 4.06. The average Bonchev–Trinajstić information content (AvgIpc) is 3.48. The summed E-state index contributed by atoms with van der Waals surface area (Å²) in [5.74, 6) is -0.850. The fourth-order valence-corrected chi connectivity index (χ4v) is 11.0. The van der Waals surface area contributed by atoms with E-state index in [0.29, 0.717) is 19.3 Å². The molecule has 0 fully saturated rings. The molecule has 82 heavy (non-hydrogen) atoms. The summed E-state index contributed by atoms with van der Waals surface area (Å²) in [7, 11) is 0. The van der Waals surface area contributed by atoms with Crippen molar-refractivity contribution in [2.75, 3.05) is 13.2 Å². The molecule has 0 aliphatic rings. The van der Waals surface area contributed by atoms with Gasteiger partial charge in [-0.2, -0.15) is 0 Å². The molecule has 0 radical (unpaired) electrons. The first-order chi connectivity index (χ1) is 40.5. The van der Waals surface area contributed by atoms with E-state index in [4.69, 9.17) is 14.2 Å². The zero-order chi connectivity index (χ0) is 59.2. The Morgan fingerprint density at radius 2 is 0.439 bits per heavy atom. The zero-order valence-electron chi connectivity index (χ0n) is 55.3. The molecule has 1 unspecified atom stereocenters. The lowest BCUT2D eigenvalue weighted by atomic mass is 10.0. The Labute approximate surface area is 511 Å². The lowest BCUT2D eigenvalue weighted by Gasteiger charge is -2.18. The Hall–Kier alpha value is -2.63. The molecule has 0 bridgehead atoms. The van der Waals surface area contributed by atoms with Gasteiger partial charge in [-0.3, -0.25) is 14.4 Å². The van der Waals surface area contributed by atoms with Crippen molar-refractivity contribution in [3.05, 3.63) is 48.6 Å². The van der Waals surface area contributed by atoms with Gasteiger partial charge in [-0.25, -0.2) is 0 Å². The van der Waals surface area contributed by atoms with Crippen molar-refractivity contribution < 1.29 is 28.6 Å². The number of allylic oxidation sites excluding steroid dienone is 8. The second-order valence-corrected chi connectivity index (χ2v) is 24.9. The van der Waals surface area contributed by atoms with Gasteiger partial charge in [0.15, 0.2) is 6.10 Å². The van der Waals surface area contributed by atoms with Crippen LogP contribution < -0.4 is 0 Å². The number of rotatable bonds is 68. The van der Waals surface area contributed by atoms with E-state index in [-0.39, 0.29) is 31.1 Å². The zero-order valence-corrected chi connectivity index (χ0v) is 55.3. The molecule has 480 valence electrons. The molecule has 0 spiro atoms. The molecule has 0 aromatic carbocycles. The molecular weight excluding hydrogens is 1010 g/mol. The molecule has 0 aliphatic carbocycles. The molecular formula is C76H140O6. The van der Waals surface area contributed by atoms with E-state index in [1.807, 2.05) is 0 Å². The average molecular weight is 1150 g/mol. The highest BCUT2D eigenvalue weighted by Crippen LogP contribution is 2.18. The van der Waals surface area contributed by atoms with Gasteiger partial charge in [0.05, 0.1) is 0 Å². The fourth-order valence-electron chi connectivity index (χ4n) is 11.0. The van der Waals surface area contributed by atoms with Crippen LogP contribution in [0.4, 0.5) is 0 Å². The lowest BCUT2D eigenvalue weighted by Crippen LogP contribution is -2.30. The summed E-state index contributed by atoms with van der Waals surface area (Å²) < 4.78 is 16.9. The van der Waals surface area contributed by atoms with Crippen LogP contribution in [0.5, 0.6) is 0 Å². The Kier molecular flexibility index (Phi) is 68.6. The summed E-state index contributed by atoms with van der Waals surface area (Å²) >= 11 is 0. The molecule has 0 aliphatic heterocycles. The first kappa shape index (κ1) is 79.4.